The van der Waals surface area contributed by atoms with Crippen LogP contribution >= 0.6 is 0 Å². The van der Waals surface area contributed by atoms with Crippen LogP contribution in [0.15, 0.2) is 0 Å². The van der Waals surface area contributed by atoms with E-state index in [1.807, 2.05) is 4.68 Å². The van der Waals surface area contributed by atoms with Crippen LogP contribution in [-0.2, 0) is 17.8 Å². The van der Waals surface area contributed by atoms with Crippen LogP contribution in [0.4, 0.5) is 0 Å². The molecule has 0 spiro atoms. The summed E-state index contributed by atoms with van der Waals surface area (Å²) in [5.41, 5.74) is 0. The summed E-state index contributed by atoms with van der Waals surface area (Å²) >= 11 is 0. The van der Waals surface area contributed by atoms with Gasteiger partial charge in [0.1, 0.15) is 0 Å². The number of unbranched alkanes of at least 4 members (excludes halogenated alkanes) is 1. The van der Waals surface area contributed by atoms with Crippen molar-refractivity contribution in [3.63, 3.8) is 0 Å². The number of tetrazole rings is 1. The fraction of sp³-hybridized carbons (Fsp3) is 0.917. The van der Waals surface area contributed by atoms with Gasteiger partial charge in [-0.3, -0.25) is 0 Å². The van der Waals surface area contributed by atoms with Gasteiger partial charge >= 0.3 is 0 Å². The smallest absolute Gasteiger partial charge is 0.165 e. The Balaban J connectivity index is 1.63. The third-order valence-electron chi connectivity index (χ3n) is 2.95. The Bertz CT molecular complexity index is 348. The van der Waals surface area contributed by atoms with E-state index in [0.29, 0.717) is 12.1 Å². The number of hydrogen-bond donors (Lipinski definition) is 1. The van der Waals surface area contributed by atoms with Crippen LogP contribution in [0.1, 0.15) is 45.4 Å². The predicted octanol–water partition coefficient (Wildman–Crippen LogP) is 1.13. The van der Waals surface area contributed by atoms with Gasteiger partial charge in [0.15, 0.2) is 5.82 Å². The summed E-state index contributed by atoms with van der Waals surface area (Å²) in [6.45, 7) is 6.58. The Kier molecular flexibility index (Phi) is 5.07. The van der Waals surface area contributed by atoms with Gasteiger partial charge in [-0.2, -0.15) is 0 Å². The van der Waals surface area contributed by atoms with E-state index in [9.17, 15) is 0 Å². The Hall–Kier alpha value is -1.01. The maximum absolute atomic E-state index is 5.51. The number of rotatable bonds is 9. The predicted molar refractivity (Wildman–Crippen MR) is 68.0 cm³/mol. The first-order valence-corrected chi connectivity index (χ1v) is 6.85. The minimum Gasteiger partial charge on any atom is -0.379 e. The lowest BCUT2D eigenvalue weighted by molar-refractivity contribution is 0.0752. The average molecular weight is 253 g/mol. The summed E-state index contributed by atoms with van der Waals surface area (Å²) in [4.78, 5) is 0. The van der Waals surface area contributed by atoms with E-state index in [0.717, 1.165) is 38.4 Å². The fourth-order valence-corrected chi connectivity index (χ4v) is 1.73. The number of nitrogens with zero attached hydrogens (tertiary/aromatic N) is 4. The molecule has 2 rings (SSSR count). The molecule has 1 aliphatic carbocycles. The van der Waals surface area contributed by atoms with E-state index in [4.69, 9.17) is 4.74 Å². The van der Waals surface area contributed by atoms with Crippen molar-refractivity contribution in [2.24, 2.45) is 0 Å². The SMILES string of the molecule is CC(C)OCCCCn1nnnc1CNC1CC1. The van der Waals surface area contributed by atoms with Gasteiger partial charge < -0.3 is 10.1 Å². The van der Waals surface area contributed by atoms with E-state index in [-0.39, 0.29) is 0 Å². The number of hydrogen-bond acceptors (Lipinski definition) is 5. The third kappa shape index (κ3) is 4.70. The molecule has 0 unspecified atom stereocenters. The molecule has 1 fully saturated rings. The van der Waals surface area contributed by atoms with Gasteiger partial charge in [0.2, 0.25) is 0 Å². The van der Waals surface area contributed by atoms with E-state index in [1.165, 1.54) is 12.8 Å². The summed E-state index contributed by atoms with van der Waals surface area (Å²) in [5.74, 6) is 0.937. The van der Waals surface area contributed by atoms with E-state index in [2.05, 4.69) is 34.7 Å². The average Bonchev–Trinajstić information content (AvgIpc) is 3.06. The molecule has 0 radical (unpaired) electrons. The van der Waals surface area contributed by atoms with Crippen molar-refractivity contribution in [3.05, 3.63) is 5.82 Å². The Morgan fingerprint density at radius 1 is 1.39 bits per heavy atom. The minimum atomic E-state index is 0.316. The van der Waals surface area contributed by atoms with Crippen molar-refractivity contribution < 1.29 is 4.74 Å². The molecular weight excluding hydrogens is 230 g/mol. The number of nitrogens with one attached hydrogen (secondary N) is 1. The maximum atomic E-state index is 5.51. The van der Waals surface area contributed by atoms with Crippen LogP contribution in [0.2, 0.25) is 0 Å². The molecule has 0 atom stereocenters. The second kappa shape index (κ2) is 6.80. The van der Waals surface area contributed by atoms with Crippen molar-refractivity contribution in [1.29, 1.82) is 0 Å². The van der Waals surface area contributed by atoms with Gasteiger partial charge in [0.05, 0.1) is 12.6 Å². The van der Waals surface area contributed by atoms with Gasteiger partial charge in [-0.15, -0.1) is 5.10 Å². The van der Waals surface area contributed by atoms with Crippen LogP contribution in [0.3, 0.4) is 0 Å². The van der Waals surface area contributed by atoms with Gasteiger partial charge in [-0.1, -0.05) is 0 Å². The summed E-state index contributed by atoms with van der Waals surface area (Å²) < 4.78 is 7.40. The van der Waals surface area contributed by atoms with Crippen LogP contribution in [0, 0.1) is 0 Å². The van der Waals surface area contributed by atoms with Crippen molar-refractivity contribution in [2.75, 3.05) is 6.61 Å². The molecule has 1 saturated carbocycles. The first kappa shape index (κ1) is 13.4. The maximum Gasteiger partial charge on any atom is 0.165 e. The zero-order valence-corrected chi connectivity index (χ0v) is 11.3. The second-order valence-corrected chi connectivity index (χ2v) is 5.10. The Labute approximate surface area is 108 Å². The molecule has 1 N–H and O–H groups in total. The van der Waals surface area contributed by atoms with Crippen LogP contribution in [0.25, 0.3) is 0 Å². The largest absolute Gasteiger partial charge is 0.379 e. The highest BCUT2D eigenvalue weighted by Crippen LogP contribution is 2.18. The number of aryl methyl sites for hydroxylation is 1. The summed E-state index contributed by atoms with van der Waals surface area (Å²) in [6.07, 6.45) is 4.99. The standard InChI is InChI=1S/C12H23N5O/c1-10(2)18-8-4-3-7-17-12(14-15-16-17)9-13-11-5-6-11/h10-11,13H,3-9H2,1-2H3. The molecule has 1 heterocycles. The molecule has 0 bridgehead atoms. The molecule has 6 heteroatoms. The molecule has 0 saturated heterocycles. The van der Waals surface area contributed by atoms with Gasteiger partial charge in [-0.05, 0) is 50.0 Å². The third-order valence-corrected chi connectivity index (χ3v) is 2.95. The molecular formula is C12H23N5O. The van der Waals surface area contributed by atoms with E-state index < -0.39 is 0 Å². The summed E-state index contributed by atoms with van der Waals surface area (Å²) in [7, 11) is 0. The lowest BCUT2D eigenvalue weighted by Gasteiger charge is -2.08. The zero-order valence-electron chi connectivity index (χ0n) is 11.3. The van der Waals surface area contributed by atoms with Gasteiger partial charge in [-0.25, -0.2) is 4.68 Å². The zero-order chi connectivity index (χ0) is 12.8. The molecule has 0 aromatic carbocycles. The molecule has 0 amide bonds. The fourth-order valence-electron chi connectivity index (χ4n) is 1.73. The van der Waals surface area contributed by atoms with Crippen molar-refractivity contribution in [3.8, 4) is 0 Å². The number of aromatic nitrogens is 4. The second-order valence-electron chi connectivity index (χ2n) is 5.10. The van der Waals surface area contributed by atoms with Crippen LogP contribution < -0.4 is 5.32 Å². The molecule has 6 nitrogen and oxygen atoms in total. The first-order valence-electron chi connectivity index (χ1n) is 6.85. The summed E-state index contributed by atoms with van der Waals surface area (Å²) in [6, 6.07) is 0.689. The van der Waals surface area contributed by atoms with Crippen molar-refractivity contribution in [2.45, 2.75) is 64.8 Å². The van der Waals surface area contributed by atoms with Crippen molar-refractivity contribution in [1.82, 2.24) is 25.5 Å². The summed E-state index contributed by atoms with van der Waals surface area (Å²) in [5, 5.41) is 15.2. The monoisotopic (exact) mass is 253 g/mol. The molecule has 1 aromatic heterocycles. The highest BCUT2D eigenvalue weighted by atomic mass is 16.5. The topological polar surface area (TPSA) is 64.9 Å². The van der Waals surface area contributed by atoms with E-state index >= 15 is 0 Å². The minimum absolute atomic E-state index is 0.316. The molecule has 102 valence electrons. The highest BCUT2D eigenvalue weighted by molar-refractivity contribution is 4.86. The number of ether oxygens (including phenoxy) is 1. The van der Waals surface area contributed by atoms with Crippen LogP contribution in [0.5, 0.6) is 0 Å². The van der Waals surface area contributed by atoms with Crippen molar-refractivity contribution >= 4 is 0 Å². The molecule has 0 aliphatic heterocycles. The van der Waals surface area contributed by atoms with Crippen LogP contribution in [-0.4, -0.2) is 39.0 Å². The van der Waals surface area contributed by atoms with Gasteiger partial charge in [0.25, 0.3) is 0 Å². The van der Waals surface area contributed by atoms with Gasteiger partial charge in [0, 0.05) is 19.2 Å². The normalized spacial score (nSPS) is 15.5. The Morgan fingerprint density at radius 2 is 2.22 bits per heavy atom. The highest BCUT2D eigenvalue weighted by Gasteiger charge is 2.21. The first-order chi connectivity index (χ1) is 8.75. The lowest BCUT2D eigenvalue weighted by atomic mass is 10.3. The Morgan fingerprint density at radius 3 is 2.94 bits per heavy atom. The molecule has 18 heavy (non-hydrogen) atoms. The lowest BCUT2D eigenvalue weighted by Crippen LogP contribution is -2.19. The van der Waals surface area contributed by atoms with E-state index in [1.54, 1.807) is 0 Å². The molecule has 1 aromatic rings. The quantitative estimate of drug-likeness (QED) is 0.668. The molecule has 1 aliphatic rings.